The van der Waals surface area contributed by atoms with Crippen molar-refractivity contribution in [3.63, 3.8) is 0 Å². The molecule has 0 bridgehead atoms. The van der Waals surface area contributed by atoms with Gasteiger partial charge < -0.3 is 14.5 Å². The van der Waals surface area contributed by atoms with Crippen LogP contribution >= 0.6 is 58.2 Å². The molecule has 4 nitrogen and oxygen atoms in total. The van der Waals surface area contributed by atoms with Gasteiger partial charge in [0.2, 0.25) is 0 Å². The van der Waals surface area contributed by atoms with E-state index in [2.05, 4.69) is 9.97 Å². The molecule has 3 aromatic rings. The first kappa shape index (κ1) is 21.5. The van der Waals surface area contributed by atoms with Crippen LogP contribution < -0.4 is 9.47 Å². The molecule has 0 aliphatic rings. The Morgan fingerprint density at radius 1 is 1.11 bits per heavy atom. The lowest BCUT2D eigenvalue weighted by atomic mass is 10.3. The van der Waals surface area contributed by atoms with Crippen LogP contribution in [-0.4, -0.2) is 28.9 Å². The fourth-order valence-electron chi connectivity index (χ4n) is 2.36. The van der Waals surface area contributed by atoms with Gasteiger partial charge in [0.05, 0.1) is 27.7 Å². The number of fused-ring (bicyclic) bond motifs is 1. The average molecular weight is 478 g/mol. The Hall–Kier alpha value is -1.24. The molecule has 2 aromatic carbocycles. The van der Waals surface area contributed by atoms with E-state index in [4.69, 9.17) is 55.9 Å². The average Bonchev–Trinajstić information content (AvgIpc) is 3.06. The zero-order valence-electron chi connectivity index (χ0n) is 14.6. The molecule has 1 N–H and O–H groups in total. The van der Waals surface area contributed by atoms with Gasteiger partial charge in [-0.15, -0.1) is 0 Å². The highest BCUT2D eigenvalue weighted by Gasteiger charge is 2.11. The number of nitrogens with zero attached hydrogens (tertiary/aromatic N) is 1. The number of para-hydroxylation sites is 2. The van der Waals surface area contributed by atoms with Gasteiger partial charge in [0, 0.05) is 17.9 Å². The number of hydrogen-bond acceptors (Lipinski definition) is 4. The molecule has 148 valence electrons. The molecule has 28 heavy (non-hydrogen) atoms. The number of aromatic nitrogens is 2. The van der Waals surface area contributed by atoms with Crippen LogP contribution in [0.25, 0.3) is 11.0 Å². The molecular formula is C19H16Cl4N2O2S. The maximum Gasteiger partial charge on any atom is 0.166 e. The van der Waals surface area contributed by atoms with Gasteiger partial charge in [-0.1, -0.05) is 70.3 Å². The molecule has 0 atom stereocenters. The normalized spacial score (nSPS) is 10.9. The van der Waals surface area contributed by atoms with Crippen molar-refractivity contribution in [1.82, 2.24) is 9.97 Å². The zero-order chi connectivity index (χ0) is 19.9. The van der Waals surface area contributed by atoms with Crippen LogP contribution in [0.2, 0.25) is 10.0 Å². The maximum atomic E-state index is 6.25. The number of hydrogen-bond donors (Lipinski definition) is 1. The van der Waals surface area contributed by atoms with E-state index in [1.54, 1.807) is 23.9 Å². The third kappa shape index (κ3) is 6.13. The number of nitrogens with one attached hydrogen (secondary N) is 1. The van der Waals surface area contributed by atoms with E-state index in [1.165, 1.54) is 6.08 Å². The quantitative estimate of drug-likeness (QED) is 0.263. The highest BCUT2D eigenvalue weighted by atomic mass is 35.5. The van der Waals surface area contributed by atoms with Gasteiger partial charge in [0.25, 0.3) is 0 Å². The Morgan fingerprint density at radius 3 is 2.57 bits per heavy atom. The number of H-pyrrole nitrogens is 1. The molecule has 1 heterocycles. The van der Waals surface area contributed by atoms with E-state index in [1.807, 2.05) is 24.3 Å². The standard InChI is InChI=1S/C19H16Cl4N2O2S/c20-13-10-12(26-8-6-17(22)23)11-14(21)18(13)27-7-3-9-28-19-24-15-4-1-2-5-16(15)25-19/h1-2,4-6,10-11H,3,7-9H2,(H,24,25). The molecule has 0 amide bonds. The van der Waals surface area contributed by atoms with E-state index in [9.17, 15) is 0 Å². The monoisotopic (exact) mass is 476 g/mol. The topological polar surface area (TPSA) is 47.1 Å². The van der Waals surface area contributed by atoms with Gasteiger partial charge in [-0.2, -0.15) is 0 Å². The van der Waals surface area contributed by atoms with Crippen molar-refractivity contribution >= 4 is 69.2 Å². The van der Waals surface area contributed by atoms with Gasteiger partial charge in [-0.25, -0.2) is 4.98 Å². The summed E-state index contributed by atoms with van der Waals surface area (Å²) >= 11 is 25.2. The van der Waals surface area contributed by atoms with Gasteiger partial charge >= 0.3 is 0 Å². The lowest BCUT2D eigenvalue weighted by Crippen LogP contribution is -2.01. The molecule has 3 rings (SSSR count). The minimum atomic E-state index is 0.137. The van der Waals surface area contributed by atoms with Crippen LogP contribution in [0.15, 0.2) is 52.1 Å². The summed E-state index contributed by atoms with van der Waals surface area (Å²) in [5.41, 5.74) is 2.00. The van der Waals surface area contributed by atoms with Crippen LogP contribution in [0.4, 0.5) is 0 Å². The maximum absolute atomic E-state index is 6.25. The first-order chi connectivity index (χ1) is 13.5. The van der Waals surface area contributed by atoms with Gasteiger partial charge in [0.15, 0.2) is 10.9 Å². The second-order valence-corrected chi connectivity index (χ2v) is 8.54. The predicted octanol–water partition coefficient (Wildman–Crippen LogP) is 7.13. The number of aromatic amines is 1. The highest BCUT2D eigenvalue weighted by molar-refractivity contribution is 7.99. The second kappa shape index (κ2) is 10.5. The number of benzene rings is 2. The minimum Gasteiger partial charge on any atom is -0.490 e. The summed E-state index contributed by atoms with van der Waals surface area (Å²) in [5.74, 6) is 1.80. The van der Waals surface area contributed by atoms with Gasteiger partial charge in [-0.3, -0.25) is 0 Å². The first-order valence-electron chi connectivity index (χ1n) is 8.36. The lowest BCUT2D eigenvalue weighted by molar-refractivity contribution is 0.317. The summed E-state index contributed by atoms with van der Waals surface area (Å²) in [6, 6.07) is 11.2. The Labute approximate surface area is 187 Å². The summed E-state index contributed by atoms with van der Waals surface area (Å²) in [6.07, 6.45) is 2.33. The first-order valence-corrected chi connectivity index (χ1v) is 10.9. The molecule has 0 radical (unpaired) electrons. The van der Waals surface area contributed by atoms with Crippen molar-refractivity contribution in [2.24, 2.45) is 0 Å². The van der Waals surface area contributed by atoms with Crippen LogP contribution in [0.5, 0.6) is 11.5 Å². The lowest BCUT2D eigenvalue weighted by Gasteiger charge is -2.12. The number of imidazole rings is 1. The Bertz CT molecular complexity index is 917. The van der Waals surface area contributed by atoms with Crippen molar-refractivity contribution in [2.75, 3.05) is 19.0 Å². The van der Waals surface area contributed by atoms with Crippen molar-refractivity contribution < 1.29 is 9.47 Å². The van der Waals surface area contributed by atoms with E-state index in [0.29, 0.717) is 28.2 Å². The number of rotatable bonds is 9. The number of thioether (sulfide) groups is 1. The SMILES string of the molecule is ClC(Cl)=CCOc1cc(Cl)c(OCCCSc2nc3ccccc3[nH]2)c(Cl)c1. The van der Waals surface area contributed by atoms with E-state index >= 15 is 0 Å². The molecule has 1 aromatic heterocycles. The summed E-state index contributed by atoms with van der Waals surface area (Å²) in [6.45, 7) is 0.700. The van der Waals surface area contributed by atoms with Crippen LogP contribution in [0, 0.1) is 0 Å². The summed E-state index contributed by atoms with van der Waals surface area (Å²) in [5, 5.41) is 1.66. The summed E-state index contributed by atoms with van der Waals surface area (Å²) < 4.78 is 11.3. The van der Waals surface area contributed by atoms with Crippen LogP contribution in [0.3, 0.4) is 0 Å². The summed E-state index contributed by atoms with van der Waals surface area (Å²) in [7, 11) is 0. The smallest absolute Gasteiger partial charge is 0.166 e. The molecule has 0 saturated carbocycles. The fraction of sp³-hybridized carbons (Fsp3) is 0.211. The van der Waals surface area contributed by atoms with Gasteiger partial charge in [0.1, 0.15) is 16.8 Å². The highest BCUT2D eigenvalue weighted by Crippen LogP contribution is 2.37. The molecule has 0 aliphatic carbocycles. The van der Waals surface area contributed by atoms with E-state index in [-0.39, 0.29) is 11.1 Å². The molecule has 0 fully saturated rings. The Morgan fingerprint density at radius 2 is 1.86 bits per heavy atom. The van der Waals surface area contributed by atoms with E-state index < -0.39 is 0 Å². The molecule has 0 unspecified atom stereocenters. The summed E-state index contributed by atoms with van der Waals surface area (Å²) in [4.78, 5) is 7.82. The molecule has 0 saturated heterocycles. The third-order valence-corrected chi connectivity index (χ3v) is 5.43. The van der Waals surface area contributed by atoms with Crippen molar-refractivity contribution in [2.45, 2.75) is 11.6 Å². The Balaban J connectivity index is 1.46. The van der Waals surface area contributed by atoms with Crippen LogP contribution in [-0.2, 0) is 0 Å². The predicted molar refractivity (Wildman–Crippen MR) is 119 cm³/mol. The second-order valence-electron chi connectivity index (χ2n) is 5.63. The third-order valence-electron chi connectivity index (χ3n) is 3.60. The molecule has 0 aliphatic heterocycles. The van der Waals surface area contributed by atoms with E-state index in [0.717, 1.165) is 28.4 Å². The Kier molecular flexibility index (Phi) is 8.06. The zero-order valence-corrected chi connectivity index (χ0v) is 18.4. The number of ether oxygens (including phenoxy) is 2. The molecule has 9 heteroatoms. The van der Waals surface area contributed by atoms with Crippen LogP contribution in [0.1, 0.15) is 6.42 Å². The fourth-order valence-corrected chi connectivity index (χ4v) is 3.86. The van der Waals surface area contributed by atoms with Crippen molar-refractivity contribution in [1.29, 1.82) is 0 Å². The molecular weight excluding hydrogens is 462 g/mol. The van der Waals surface area contributed by atoms with Gasteiger partial charge in [-0.05, 0) is 24.6 Å². The number of halogens is 4. The molecule has 0 spiro atoms. The van der Waals surface area contributed by atoms with Crippen molar-refractivity contribution in [3.8, 4) is 11.5 Å². The minimum absolute atomic E-state index is 0.137. The van der Waals surface area contributed by atoms with Crippen molar-refractivity contribution in [3.05, 3.63) is 57.0 Å². The largest absolute Gasteiger partial charge is 0.490 e.